The topological polar surface area (TPSA) is 55.8 Å². The number of methoxy groups -OCH3 is 2. The molecule has 0 atom stereocenters. The SMILES string of the molecule is COc1ccc(CN(C(=O)CCC(=O)c2ccc3c(c2)CCC3)C2CC2)c(OC)c1. The Balaban J connectivity index is 1.40. The van der Waals surface area contributed by atoms with Crippen molar-refractivity contribution in [1.29, 1.82) is 0 Å². The maximum Gasteiger partial charge on any atom is 0.223 e. The zero-order valence-electron chi connectivity index (χ0n) is 17.8. The number of nitrogens with zero attached hydrogens (tertiary/aromatic N) is 1. The summed E-state index contributed by atoms with van der Waals surface area (Å²) in [6.07, 6.45) is 5.84. The lowest BCUT2D eigenvalue weighted by molar-refractivity contribution is -0.132. The van der Waals surface area contributed by atoms with Crippen molar-refractivity contribution in [2.75, 3.05) is 14.2 Å². The number of benzene rings is 2. The number of Topliss-reactive ketones (excluding diaryl/α,β-unsaturated/α-hetero) is 1. The number of ether oxygens (including phenoxy) is 2. The van der Waals surface area contributed by atoms with Gasteiger partial charge in [-0.1, -0.05) is 12.1 Å². The van der Waals surface area contributed by atoms with E-state index in [2.05, 4.69) is 6.07 Å². The Morgan fingerprint density at radius 3 is 2.50 bits per heavy atom. The molecule has 5 nitrogen and oxygen atoms in total. The molecule has 0 bridgehead atoms. The Morgan fingerprint density at radius 1 is 0.967 bits per heavy atom. The van der Waals surface area contributed by atoms with Crippen LogP contribution in [0, 0.1) is 0 Å². The van der Waals surface area contributed by atoms with Crippen molar-refractivity contribution in [3.8, 4) is 11.5 Å². The van der Waals surface area contributed by atoms with Gasteiger partial charge < -0.3 is 14.4 Å². The molecular formula is C25H29NO4. The molecule has 0 heterocycles. The number of carbonyl (C=O) groups excluding carboxylic acids is 2. The van der Waals surface area contributed by atoms with Crippen molar-refractivity contribution < 1.29 is 19.1 Å². The van der Waals surface area contributed by atoms with E-state index < -0.39 is 0 Å². The highest BCUT2D eigenvalue weighted by Gasteiger charge is 2.33. The fraction of sp³-hybridized carbons (Fsp3) is 0.440. The number of hydrogen-bond donors (Lipinski definition) is 0. The first kappa shape index (κ1) is 20.5. The van der Waals surface area contributed by atoms with Gasteiger partial charge in [0, 0.05) is 42.6 Å². The third kappa shape index (κ3) is 4.50. The number of carbonyl (C=O) groups is 2. The second-order valence-electron chi connectivity index (χ2n) is 8.19. The van der Waals surface area contributed by atoms with Crippen LogP contribution in [0.3, 0.4) is 0 Å². The summed E-state index contributed by atoms with van der Waals surface area (Å²) in [4.78, 5) is 27.6. The molecule has 5 heteroatoms. The van der Waals surface area contributed by atoms with Crippen LogP contribution in [0.15, 0.2) is 36.4 Å². The van der Waals surface area contributed by atoms with E-state index in [1.807, 2.05) is 35.2 Å². The van der Waals surface area contributed by atoms with Gasteiger partial charge in [-0.05, 0) is 61.4 Å². The molecule has 0 unspecified atom stereocenters. The first-order valence-corrected chi connectivity index (χ1v) is 10.7. The lowest BCUT2D eigenvalue weighted by atomic mass is 10.0. The number of rotatable bonds is 9. The Hall–Kier alpha value is -2.82. The van der Waals surface area contributed by atoms with Gasteiger partial charge in [-0.25, -0.2) is 0 Å². The Bertz CT molecular complexity index is 948. The molecule has 1 saturated carbocycles. The predicted octanol–water partition coefficient (Wildman–Crippen LogP) is 4.35. The first-order valence-electron chi connectivity index (χ1n) is 10.7. The van der Waals surface area contributed by atoms with E-state index in [4.69, 9.17) is 9.47 Å². The van der Waals surface area contributed by atoms with Crippen LogP contribution >= 0.6 is 0 Å². The highest BCUT2D eigenvalue weighted by atomic mass is 16.5. The molecule has 30 heavy (non-hydrogen) atoms. The zero-order valence-corrected chi connectivity index (χ0v) is 17.8. The van der Waals surface area contributed by atoms with Gasteiger partial charge in [0.2, 0.25) is 5.91 Å². The number of hydrogen-bond acceptors (Lipinski definition) is 4. The van der Waals surface area contributed by atoms with E-state index >= 15 is 0 Å². The van der Waals surface area contributed by atoms with E-state index in [0.717, 1.165) is 49.0 Å². The smallest absolute Gasteiger partial charge is 0.223 e. The normalized spacial score (nSPS) is 14.9. The van der Waals surface area contributed by atoms with Gasteiger partial charge in [0.15, 0.2) is 5.78 Å². The quantitative estimate of drug-likeness (QED) is 0.580. The largest absolute Gasteiger partial charge is 0.497 e. The monoisotopic (exact) mass is 407 g/mol. The minimum atomic E-state index is 0.0323. The Labute approximate surface area is 178 Å². The van der Waals surface area contributed by atoms with E-state index in [1.54, 1.807) is 14.2 Å². The molecule has 2 aromatic carbocycles. The first-order chi connectivity index (χ1) is 14.6. The number of aryl methyl sites for hydroxylation is 2. The molecule has 4 rings (SSSR count). The lowest BCUT2D eigenvalue weighted by Crippen LogP contribution is -2.33. The number of amides is 1. The number of ketones is 1. The van der Waals surface area contributed by atoms with Crippen molar-refractivity contribution in [2.24, 2.45) is 0 Å². The van der Waals surface area contributed by atoms with Crippen molar-refractivity contribution in [3.63, 3.8) is 0 Å². The molecular weight excluding hydrogens is 378 g/mol. The van der Waals surface area contributed by atoms with Gasteiger partial charge in [-0.15, -0.1) is 0 Å². The second-order valence-corrected chi connectivity index (χ2v) is 8.19. The minimum absolute atomic E-state index is 0.0323. The van der Waals surface area contributed by atoms with E-state index in [1.165, 1.54) is 11.1 Å². The van der Waals surface area contributed by atoms with Gasteiger partial charge in [0.25, 0.3) is 0 Å². The molecule has 0 N–H and O–H groups in total. The Kier molecular flexibility index (Phi) is 6.07. The molecule has 2 aliphatic rings. The summed E-state index contributed by atoms with van der Waals surface area (Å²) in [6.45, 7) is 0.490. The van der Waals surface area contributed by atoms with Crippen LogP contribution < -0.4 is 9.47 Å². The van der Waals surface area contributed by atoms with E-state index in [0.29, 0.717) is 12.3 Å². The fourth-order valence-corrected chi connectivity index (χ4v) is 4.23. The number of fused-ring (bicyclic) bond motifs is 1. The van der Waals surface area contributed by atoms with Crippen LogP contribution in [0.25, 0.3) is 0 Å². The molecule has 0 aliphatic heterocycles. The molecule has 0 aromatic heterocycles. The van der Waals surface area contributed by atoms with Crippen LogP contribution in [-0.2, 0) is 24.2 Å². The maximum absolute atomic E-state index is 13.0. The molecule has 0 spiro atoms. The van der Waals surface area contributed by atoms with Crippen LogP contribution in [-0.4, -0.2) is 36.9 Å². The van der Waals surface area contributed by atoms with Crippen molar-refractivity contribution >= 4 is 11.7 Å². The molecule has 0 radical (unpaired) electrons. The van der Waals surface area contributed by atoms with Gasteiger partial charge in [0.1, 0.15) is 11.5 Å². The summed E-state index contributed by atoms with van der Waals surface area (Å²) in [6, 6.07) is 11.9. The highest BCUT2D eigenvalue weighted by molar-refractivity contribution is 5.98. The third-order valence-corrected chi connectivity index (χ3v) is 6.13. The van der Waals surface area contributed by atoms with Crippen LogP contribution in [0.1, 0.15) is 59.2 Å². The summed E-state index contributed by atoms with van der Waals surface area (Å²) in [7, 11) is 3.24. The highest BCUT2D eigenvalue weighted by Crippen LogP contribution is 2.32. The van der Waals surface area contributed by atoms with Crippen LogP contribution in [0.5, 0.6) is 11.5 Å². The molecule has 2 aliphatic carbocycles. The summed E-state index contributed by atoms with van der Waals surface area (Å²) < 4.78 is 10.7. The summed E-state index contributed by atoms with van der Waals surface area (Å²) in [5, 5.41) is 0. The average Bonchev–Trinajstić information content (AvgIpc) is 3.51. The third-order valence-electron chi connectivity index (χ3n) is 6.13. The van der Waals surface area contributed by atoms with Gasteiger partial charge in [0.05, 0.1) is 14.2 Å². The molecule has 2 aromatic rings. The van der Waals surface area contributed by atoms with Gasteiger partial charge >= 0.3 is 0 Å². The average molecular weight is 408 g/mol. The maximum atomic E-state index is 13.0. The van der Waals surface area contributed by atoms with Crippen molar-refractivity contribution in [3.05, 3.63) is 58.7 Å². The zero-order chi connectivity index (χ0) is 21.1. The standard InChI is InChI=1S/C25H29NO4/c1-29-22-11-8-20(24(15-22)30-2)16-26(21-9-10-21)25(28)13-12-23(27)19-7-6-17-4-3-5-18(17)14-19/h6-8,11,14-15,21H,3-5,9-10,12-13,16H2,1-2H3. The summed E-state index contributed by atoms with van der Waals surface area (Å²) >= 11 is 0. The van der Waals surface area contributed by atoms with E-state index in [-0.39, 0.29) is 30.6 Å². The summed E-state index contributed by atoms with van der Waals surface area (Å²) in [5.74, 6) is 1.52. The second kappa shape index (κ2) is 8.90. The lowest BCUT2D eigenvalue weighted by Gasteiger charge is -2.24. The Morgan fingerprint density at radius 2 is 1.77 bits per heavy atom. The molecule has 158 valence electrons. The predicted molar refractivity (Wildman–Crippen MR) is 115 cm³/mol. The van der Waals surface area contributed by atoms with Crippen molar-refractivity contribution in [2.45, 2.75) is 57.5 Å². The van der Waals surface area contributed by atoms with Crippen molar-refractivity contribution in [1.82, 2.24) is 4.90 Å². The van der Waals surface area contributed by atoms with Crippen LogP contribution in [0.2, 0.25) is 0 Å². The summed E-state index contributed by atoms with van der Waals surface area (Å²) in [5.41, 5.74) is 4.33. The van der Waals surface area contributed by atoms with Gasteiger partial charge in [-0.2, -0.15) is 0 Å². The van der Waals surface area contributed by atoms with E-state index in [9.17, 15) is 9.59 Å². The van der Waals surface area contributed by atoms with Crippen LogP contribution in [0.4, 0.5) is 0 Å². The minimum Gasteiger partial charge on any atom is -0.497 e. The molecule has 1 amide bonds. The molecule has 1 fully saturated rings. The fourth-order valence-electron chi connectivity index (χ4n) is 4.23. The van der Waals surface area contributed by atoms with Gasteiger partial charge in [-0.3, -0.25) is 9.59 Å². The molecule has 0 saturated heterocycles.